The molecule has 8 nitrogen and oxygen atoms in total. The molecule has 1 aromatic heterocycles. The van der Waals surface area contributed by atoms with Crippen LogP contribution in [-0.4, -0.2) is 66.9 Å². The Labute approximate surface area is 225 Å². The van der Waals surface area contributed by atoms with Crippen LogP contribution >= 0.6 is 11.6 Å². The number of carboxylic acids is 1. The van der Waals surface area contributed by atoms with Gasteiger partial charge in [0.1, 0.15) is 11.4 Å². The fraction of sp³-hybridized carbons (Fsp3) is 0.429. The first-order valence-electron chi connectivity index (χ1n) is 12.6. The first-order chi connectivity index (χ1) is 18.2. The van der Waals surface area contributed by atoms with Crippen LogP contribution in [0.2, 0.25) is 5.02 Å². The van der Waals surface area contributed by atoms with Crippen molar-refractivity contribution in [2.45, 2.75) is 38.8 Å². The van der Waals surface area contributed by atoms with Gasteiger partial charge in [0.15, 0.2) is 0 Å². The number of morpholine rings is 1. The van der Waals surface area contributed by atoms with Crippen molar-refractivity contribution in [2.75, 3.05) is 44.9 Å². The van der Waals surface area contributed by atoms with Crippen LogP contribution in [0.4, 0.5) is 10.1 Å². The minimum atomic E-state index is -1.37. The number of pyridine rings is 1. The lowest BCUT2D eigenvalue weighted by Gasteiger charge is -2.29. The van der Waals surface area contributed by atoms with Crippen LogP contribution in [0, 0.1) is 5.82 Å². The second-order valence-electron chi connectivity index (χ2n) is 9.44. The van der Waals surface area contributed by atoms with E-state index in [4.69, 9.17) is 21.1 Å². The number of carbonyl (C=O) groups is 1. The number of aryl methyl sites for hydroxylation is 1. The molecule has 2 aromatic carbocycles. The Morgan fingerprint density at radius 3 is 2.50 bits per heavy atom. The zero-order valence-corrected chi connectivity index (χ0v) is 22.4. The van der Waals surface area contributed by atoms with E-state index >= 15 is 4.39 Å². The fourth-order valence-electron chi connectivity index (χ4n) is 4.99. The third kappa shape index (κ3) is 5.42. The number of halogens is 2. The van der Waals surface area contributed by atoms with Crippen LogP contribution in [0.1, 0.15) is 46.9 Å². The molecule has 38 heavy (non-hydrogen) atoms. The van der Waals surface area contributed by atoms with E-state index < -0.39 is 34.9 Å². The number of rotatable bonds is 9. The molecule has 1 aliphatic heterocycles. The lowest BCUT2D eigenvalue weighted by Crippen LogP contribution is -2.36. The number of hydrogen-bond acceptors (Lipinski definition) is 6. The summed E-state index contributed by atoms with van der Waals surface area (Å²) >= 11 is 6.28. The fourth-order valence-corrected chi connectivity index (χ4v) is 5.23. The quantitative estimate of drug-likeness (QED) is 0.417. The molecule has 0 unspecified atom stereocenters. The minimum Gasteiger partial charge on any atom is -0.477 e. The Balaban J connectivity index is 1.89. The van der Waals surface area contributed by atoms with Crippen molar-refractivity contribution in [3.05, 3.63) is 73.8 Å². The zero-order chi connectivity index (χ0) is 27.6. The third-order valence-electron chi connectivity index (χ3n) is 7.27. The summed E-state index contributed by atoms with van der Waals surface area (Å²) in [4.78, 5) is 27.3. The summed E-state index contributed by atoms with van der Waals surface area (Å²) in [5, 5.41) is 20.0. The predicted octanol–water partition coefficient (Wildman–Crippen LogP) is 4.05. The largest absolute Gasteiger partial charge is 0.477 e. The summed E-state index contributed by atoms with van der Waals surface area (Å²) in [6.45, 7) is 5.87. The predicted molar refractivity (Wildman–Crippen MR) is 144 cm³/mol. The number of benzene rings is 2. The van der Waals surface area contributed by atoms with E-state index in [1.807, 2.05) is 13.0 Å². The van der Waals surface area contributed by atoms with E-state index in [0.717, 1.165) is 11.3 Å². The van der Waals surface area contributed by atoms with Crippen LogP contribution in [0.15, 0.2) is 35.3 Å². The normalized spacial score (nSPS) is 15.6. The Bertz CT molecular complexity index is 1400. The molecule has 1 aliphatic rings. The van der Waals surface area contributed by atoms with E-state index in [1.165, 1.54) is 13.3 Å². The van der Waals surface area contributed by atoms with Crippen molar-refractivity contribution >= 4 is 34.2 Å². The van der Waals surface area contributed by atoms with Crippen molar-refractivity contribution < 1.29 is 28.9 Å². The highest BCUT2D eigenvalue weighted by atomic mass is 35.5. The molecule has 0 aliphatic carbocycles. The maximum atomic E-state index is 15.2. The molecule has 2 atom stereocenters. The molecule has 4 rings (SSSR count). The van der Waals surface area contributed by atoms with Gasteiger partial charge in [0.05, 0.1) is 42.5 Å². The van der Waals surface area contributed by atoms with Crippen molar-refractivity contribution in [3.8, 4) is 0 Å². The van der Waals surface area contributed by atoms with Crippen molar-refractivity contribution in [1.29, 1.82) is 0 Å². The molecule has 10 heteroatoms. The van der Waals surface area contributed by atoms with Gasteiger partial charge in [-0.15, -0.1) is 0 Å². The monoisotopic (exact) mass is 546 g/mol. The molecule has 0 bridgehead atoms. The van der Waals surface area contributed by atoms with E-state index in [2.05, 4.69) is 4.90 Å². The van der Waals surface area contributed by atoms with Crippen molar-refractivity contribution in [1.82, 2.24) is 4.57 Å². The number of carboxylic acid groups (broad SMARTS) is 1. The Morgan fingerprint density at radius 1 is 1.18 bits per heavy atom. The smallest absolute Gasteiger partial charge is 0.341 e. The van der Waals surface area contributed by atoms with Gasteiger partial charge in [0.2, 0.25) is 5.43 Å². The molecule has 1 saturated heterocycles. The van der Waals surface area contributed by atoms with Gasteiger partial charge in [-0.3, -0.25) is 4.79 Å². The number of ether oxygens (including phenoxy) is 2. The standard InChI is InChI=1S/C28H32ClFN2O6/c1-4-17-12-24-21(27(34)22(28(35)36)14-32(24)25(15-33)16(2)37-3)11-18(17)9-19-10-20(13-23(29)26(19)30)31-5-7-38-8-6-31/h10-14,16,25,33H,4-9,15H2,1-3H3,(H,35,36)/t16-,25-/m1/s1. The van der Waals surface area contributed by atoms with E-state index in [1.54, 1.807) is 29.7 Å². The molecule has 0 saturated carbocycles. The molecule has 0 amide bonds. The lowest BCUT2D eigenvalue weighted by atomic mass is 9.94. The number of aliphatic hydroxyl groups is 1. The first kappa shape index (κ1) is 28.0. The van der Waals surface area contributed by atoms with Gasteiger partial charge < -0.3 is 29.2 Å². The average molecular weight is 547 g/mol. The lowest BCUT2D eigenvalue weighted by molar-refractivity contribution is 0.0456. The van der Waals surface area contributed by atoms with Crippen LogP contribution in [0.5, 0.6) is 0 Å². The highest BCUT2D eigenvalue weighted by Crippen LogP contribution is 2.31. The van der Waals surface area contributed by atoms with Crippen molar-refractivity contribution in [3.63, 3.8) is 0 Å². The molecular formula is C28H32ClFN2O6. The summed E-state index contributed by atoms with van der Waals surface area (Å²) in [5.74, 6) is -1.90. The number of anilines is 1. The average Bonchev–Trinajstić information content (AvgIpc) is 2.92. The van der Waals surface area contributed by atoms with E-state index in [9.17, 15) is 19.8 Å². The molecule has 2 N–H and O–H groups in total. The van der Waals surface area contributed by atoms with Gasteiger partial charge in [-0.1, -0.05) is 18.5 Å². The summed E-state index contributed by atoms with van der Waals surface area (Å²) in [6.07, 6.45) is 1.55. The van der Waals surface area contributed by atoms with Crippen molar-refractivity contribution in [2.24, 2.45) is 0 Å². The highest BCUT2D eigenvalue weighted by molar-refractivity contribution is 6.31. The number of aromatic carboxylic acids is 1. The number of aliphatic hydroxyl groups excluding tert-OH is 1. The molecule has 204 valence electrons. The second-order valence-corrected chi connectivity index (χ2v) is 9.85. The Kier molecular flexibility index (Phi) is 8.72. The Morgan fingerprint density at radius 2 is 1.89 bits per heavy atom. The van der Waals surface area contributed by atoms with Gasteiger partial charge in [0.25, 0.3) is 0 Å². The van der Waals surface area contributed by atoms with E-state index in [-0.39, 0.29) is 23.4 Å². The SMILES string of the molecule is CCc1cc2c(cc1Cc1cc(N3CCOCC3)cc(Cl)c1F)c(=O)c(C(=O)O)cn2[C@H](CO)[C@@H](C)OC. The highest BCUT2D eigenvalue weighted by Gasteiger charge is 2.24. The second kappa shape index (κ2) is 11.8. The van der Waals surface area contributed by atoms with E-state index in [0.29, 0.717) is 49.4 Å². The number of hydrogen-bond donors (Lipinski definition) is 2. The third-order valence-corrected chi connectivity index (χ3v) is 7.54. The summed E-state index contributed by atoms with van der Waals surface area (Å²) < 4.78 is 27.6. The van der Waals surface area contributed by atoms with Crippen LogP contribution in [-0.2, 0) is 22.3 Å². The maximum absolute atomic E-state index is 15.2. The molecule has 0 spiro atoms. The van der Waals surface area contributed by atoms with Gasteiger partial charge in [-0.25, -0.2) is 9.18 Å². The number of fused-ring (bicyclic) bond motifs is 1. The van der Waals surface area contributed by atoms with Gasteiger partial charge in [-0.05, 0) is 54.3 Å². The van der Waals surface area contributed by atoms with Crippen LogP contribution < -0.4 is 10.3 Å². The van der Waals surface area contributed by atoms with Crippen LogP contribution in [0.25, 0.3) is 10.9 Å². The summed E-state index contributed by atoms with van der Waals surface area (Å²) in [5.41, 5.74) is 2.15. The van der Waals surface area contributed by atoms with Gasteiger partial charge in [0, 0.05) is 43.9 Å². The molecule has 3 aromatic rings. The summed E-state index contributed by atoms with van der Waals surface area (Å²) in [6, 6.07) is 6.20. The van der Waals surface area contributed by atoms with Gasteiger partial charge >= 0.3 is 5.97 Å². The molecule has 0 radical (unpaired) electrons. The summed E-state index contributed by atoms with van der Waals surface area (Å²) in [7, 11) is 1.50. The first-order valence-corrected chi connectivity index (χ1v) is 13.0. The number of methoxy groups -OCH3 is 1. The number of nitrogens with zero attached hydrogens (tertiary/aromatic N) is 2. The topological polar surface area (TPSA) is 101 Å². The van der Waals surface area contributed by atoms with Gasteiger partial charge in [-0.2, -0.15) is 0 Å². The number of aromatic nitrogens is 1. The zero-order valence-electron chi connectivity index (χ0n) is 21.7. The molecule has 2 heterocycles. The van der Waals surface area contributed by atoms with Crippen LogP contribution in [0.3, 0.4) is 0 Å². The molecular weight excluding hydrogens is 515 g/mol. The Hall–Kier alpha value is -2.98. The molecule has 1 fully saturated rings. The minimum absolute atomic E-state index is 0.0117. The maximum Gasteiger partial charge on any atom is 0.341 e.